The predicted octanol–water partition coefficient (Wildman–Crippen LogP) is 7.30. The van der Waals surface area contributed by atoms with Gasteiger partial charge in [0.05, 0.1) is 11.4 Å². The molecule has 9 heteroatoms. The molecule has 182 valence electrons. The van der Waals surface area contributed by atoms with Crippen LogP contribution in [0.5, 0.6) is 23.0 Å². The molecular formula is C27H27N7O2. The molecule has 0 aliphatic heterocycles. The van der Waals surface area contributed by atoms with Gasteiger partial charge in [0.2, 0.25) is 0 Å². The van der Waals surface area contributed by atoms with Crippen molar-refractivity contribution in [2.75, 3.05) is 21.1 Å². The summed E-state index contributed by atoms with van der Waals surface area (Å²) >= 11 is 0. The first-order chi connectivity index (χ1) is 17.4. The van der Waals surface area contributed by atoms with Crippen molar-refractivity contribution in [2.24, 2.45) is 26.5 Å². The maximum atomic E-state index is 5.95. The van der Waals surface area contributed by atoms with Crippen LogP contribution in [0.2, 0.25) is 0 Å². The summed E-state index contributed by atoms with van der Waals surface area (Å²) in [7, 11) is 5.26. The topological polar surface area (TPSA) is 100 Å². The maximum Gasteiger partial charge on any atom is 0.127 e. The molecule has 0 amide bonds. The molecular weight excluding hydrogens is 454 g/mol. The van der Waals surface area contributed by atoms with E-state index in [0.29, 0.717) is 11.4 Å². The van der Waals surface area contributed by atoms with E-state index in [1.54, 1.807) is 12.1 Å². The molecule has 36 heavy (non-hydrogen) atoms. The van der Waals surface area contributed by atoms with Crippen molar-refractivity contribution >= 4 is 11.4 Å². The number of ether oxygens (including phenoxy) is 2. The van der Waals surface area contributed by atoms with Crippen LogP contribution >= 0.6 is 0 Å². The van der Waals surface area contributed by atoms with Crippen molar-refractivity contribution in [1.82, 2.24) is 10.1 Å². The fourth-order valence-electron chi connectivity index (χ4n) is 3.13. The lowest BCUT2D eigenvalue weighted by Crippen LogP contribution is -2.17. The van der Waals surface area contributed by atoms with E-state index in [-0.39, 0.29) is 0 Å². The monoisotopic (exact) mass is 481 g/mol. The van der Waals surface area contributed by atoms with Gasteiger partial charge in [-0.1, -0.05) is 34.7 Å². The third kappa shape index (κ3) is 7.12. The SMILES string of the molecule is CN(C)N=Nc1ccc(Oc2ccc(-c3ccc(Oc4ccc(N=NN(C)N)cc4)cc3)cc2)cc1. The zero-order chi connectivity index (χ0) is 25.3. The second kappa shape index (κ2) is 11.6. The van der Waals surface area contributed by atoms with Gasteiger partial charge in [-0.25, -0.2) is 11.0 Å². The average Bonchev–Trinajstić information content (AvgIpc) is 2.89. The molecule has 0 heterocycles. The molecule has 0 atom stereocenters. The van der Waals surface area contributed by atoms with Crippen LogP contribution in [-0.2, 0) is 0 Å². The minimum absolute atomic E-state index is 0.686. The van der Waals surface area contributed by atoms with E-state index in [1.165, 1.54) is 0 Å². The minimum Gasteiger partial charge on any atom is -0.457 e. The Balaban J connectivity index is 1.35. The van der Waals surface area contributed by atoms with Gasteiger partial charge in [-0.3, -0.25) is 5.01 Å². The molecule has 9 nitrogen and oxygen atoms in total. The molecule has 0 aromatic heterocycles. The summed E-state index contributed by atoms with van der Waals surface area (Å²) in [5.74, 6) is 8.35. The third-order valence-electron chi connectivity index (χ3n) is 4.83. The van der Waals surface area contributed by atoms with Crippen LogP contribution in [0.25, 0.3) is 11.1 Å². The van der Waals surface area contributed by atoms with Crippen molar-refractivity contribution in [3.8, 4) is 34.1 Å². The van der Waals surface area contributed by atoms with Gasteiger partial charge >= 0.3 is 0 Å². The summed E-state index contributed by atoms with van der Waals surface area (Å²) in [6.07, 6.45) is 0. The Labute approximate surface area is 210 Å². The summed E-state index contributed by atoms with van der Waals surface area (Å²) in [5.41, 5.74) is 3.60. The Morgan fingerprint density at radius 3 is 1.17 bits per heavy atom. The Kier molecular flexibility index (Phi) is 7.84. The molecule has 0 unspecified atom stereocenters. The van der Waals surface area contributed by atoms with Gasteiger partial charge in [0.25, 0.3) is 0 Å². The Hall–Kier alpha value is -4.76. The maximum absolute atomic E-state index is 5.95. The van der Waals surface area contributed by atoms with Crippen LogP contribution in [0.15, 0.2) is 118 Å². The largest absolute Gasteiger partial charge is 0.457 e. The van der Waals surface area contributed by atoms with E-state index in [9.17, 15) is 0 Å². The van der Waals surface area contributed by atoms with Gasteiger partial charge < -0.3 is 9.47 Å². The first-order valence-electron chi connectivity index (χ1n) is 11.2. The van der Waals surface area contributed by atoms with Crippen LogP contribution in [0.1, 0.15) is 0 Å². The zero-order valence-corrected chi connectivity index (χ0v) is 20.3. The Morgan fingerprint density at radius 1 is 0.500 bits per heavy atom. The van der Waals surface area contributed by atoms with E-state index >= 15 is 0 Å². The van der Waals surface area contributed by atoms with Gasteiger partial charge in [-0.05, 0) is 83.9 Å². The first-order valence-corrected chi connectivity index (χ1v) is 11.2. The normalized spacial score (nSPS) is 11.1. The molecule has 0 aliphatic rings. The van der Waals surface area contributed by atoms with Crippen LogP contribution in [0.3, 0.4) is 0 Å². The second-order valence-electron chi connectivity index (χ2n) is 8.04. The van der Waals surface area contributed by atoms with E-state index in [2.05, 4.69) is 20.7 Å². The number of hydrogen-bond acceptors (Lipinski definition) is 7. The number of nitrogens with two attached hydrogens (primary N) is 1. The quantitative estimate of drug-likeness (QED) is 0.153. The second-order valence-corrected chi connectivity index (χ2v) is 8.04. The highest BCUT2D eigenvalue weighted by molar-refractivity contribution is 5.65. The van der Waals surface area contributed by atoms with Gasteiger partial charge in [-0.15, -0.1) is 10.2 Å². The summed E-state index contributed by atoms with van der Waals surface area (Å²) in [6.45, 7) is 0. The average molecular weight is 482 g/mol. The van der Waals surface area contributed by atoms with Crippen LogP contribution < -0.4 is 15.3 Å². The Bertz CT molecular complexity index is 1200. The molecule has 0 saturated heterocycles. The van der Waals surface area contributed by atoms with Crippen molar-refractivity contribution in [2.45, 2.75) is 0 Å². The number of nitrogens with zero attached hydrogens (tertiary/aromatic N) is 6. The van der Waals surface area contributed by atoms with Crippen molar-refractivity contribution in [1.29, 1.82) is 0 Å². The van der Waals surface area contributed by atoms with Crippen molar-refractivity contribution in [3.63, 3.8) is 0 Å². The van der Waals surface area contributed by atoms with E-state index in [4.69, 9.17) is 15.3 Å². The van der Waals surface area contributed by atoms with Gasteiger partial charge in [0.1, 0.15) is 23.0 Å². The molecule has 2 N–H and O–H groups in total. The van der Waals surface area contributed by atoms with Crippen molar-refractivity contribution < 1.29 is 9.47 Å². The van der Waals surface area contributed by atoms with E-state index < -0.39 is 0 Å². The highest BCUT2D eigenvalue weighted by Crippen LogP contribution is 2.30. The van der Waals surface area contributed by atoms with Crippen LogP contribution in [0.4, 0.5) is 11.4 Å². The Morgan fingerprint density at radius 2 is 0.833 bits per heavy atom. The van der Waals surface area contributed by atoms with Gasteiger partial charge in [0, 0.05) is 21.1 Å². The highest BCUT2D eigenvalue weighted by atomic mass is 16.5. The van der Waals surface area contributed by atoms with Crippen LogP contribution in [0, 0.1) is 0 Å². The first kappa shape index (κ1) is 24.4. The lowest BCUT2D eigenvalue weighted by molar-refractivity contribution is 0.347. The van der Waals surface area contributed by atoms with E-state index in [0.717, 1.165) is 39.2 Å². The lowest BCUT2D eigenvalue weighted by Gasteiger charge is -2.09. The molecule has 4 aromatic rings. The molecule has 0 aliphatic carbocycles. The molecule has 0 spiro atoms. The summed E-state index contributed by atoms with van der Waals surface area (Å²) in [5, 5.41) is 18.7. The van der Waals surface area contributed by atoms with E-state index in [1.807, 2.05) is 111 Å². The minimum atomic E-state index is 0.686. The highest BCUT2D eigenvalue weighted by Gasteiger charge is 2.03. The third-order valence-corrected chi connectivity index (χ3v) is 4.83. The number of hydrogen-bond donors (Lipinski definition) is 1. The molecule has 0 radical (unpaired) electrons. The summed E-state index contributed by atoms with van der Waals surface area (Å²) < 4.78 is 11.9. The fourth-order valence-corrected chi connectivity index (χ4v) is 3.13. The molecule has 4 aromatic carbocycles. The number of rotatable bonds is 9. The lowest BCUT2D eigenvalue weighted by atomic mass is 10.1. The summed E-state index contributed by atoms with van der Waals surface area (Å²) in [4.78, 5) is 0. The summed E-state index contributed by atoms with van der Waals surface area (Å²) in [6, 6.07) is 30.6. The van der Waals surface area contributed by atoms with Crippen LogP contribution in [-0.4, -0.2) is 31.3 Å². The molecule has 4 rings (SSSR count). The van der Waals surface area contributed by atoms with Gasteiger partial charge in [0.15, 0.2) is 0 Å². The number of benzene rings is 4. The molecule has 0 saturated carbocycles. The predicted molar refractivity (Wildman–Crippen MR) is 140 cm³/mol. The van der Waals surface area contributed by atoms with Gasteiger partial charge in [-0.2, -0.15) is 0 Å². The fraction of sp³-hybridized carbons (Fsp3) is 0.111. The zero-order valence-electron chi connectivity index (χ0n) is 20.3. The number of hydrazine groups is 1. The molecule has 0 bridgehead atoms. The smallest absolute Gasteiger partial charge is 0.127 e. The standard InChI is InChI=1S/C27H27N7O2/c1-33(2)31-29-22-8-16-26(17-9-22)35-24-12-4-20(5-13-24)21-6-14-25(15-7-21)36-27-18-10-23(11-19-27)30-32-34(3)28/h4-19H,28H2,1-3H3. The van der Waals surface area contributed by atoms with Crippen molar-refractivity contribution in [3.05, 3.63) is 97.1 Å². The molecule has 0 fully saturated rings.